The van der Waals surface area contributed by atoms with Gasteiger partial charge in [0.05, 0.1) is 6.54 Å². The maximum atomic E-state index is 12.5. The first-order chi connectivity index (χ1) is 14.4. The Kier molecular flexibility index (Phi) is 7.60. The van der Waals surface area contributed by atoms with Gasteiger partial charge in [0.1, 0.15) is 0 Å². The van der Waals surface area contributed by atoms with Gasteiger partial charge in [-0.15, -0.1) is 0 Å². The Morgan fingerprint density at radius 3 is 2.30 bits per heavy atom. The molecule has 0 spiro atoms. The standard InChI is InChI=1S/C24H32N4O2/c1-19-7-4-5-8-21(19)17-27-13-6-14-28(16-15-27)18-23(29)25-22-11-9-20(10-12-22)24(30)26(2)3/h4-5,7-12H,6,13-18H2,1-3H3,(H,25,29). The zero-order valence-electron chi connectivity index (χ0n) is 18.2. The summed E-state index contributed by atoms with van der Waals surface area (Å²) < 4.78 is 0. The summed E-state index contributed by atoms with van der Waals surface area (Å²) in [6.07, 6.45) is 1.06. The van der Waals surface area contributed by atoms with Crippen LogP contribution in [-0.4, -0.2) is 73.3 Å². The van der Waals surface area contributed by atoms with Crippen LogP contribution >= 0.6 is 0 Å². The van der Waals surface area contributed by atoms with E-state index in [2.05, 4.69) is 46.3 Å². The molecule has 0 radical (unpaired) electrons. The largest absolute Gasteiger partial charge is 0.345 e. The third kappa shape index (κ3) is 6.15. The van der Waals surface area contributed by atoms with Gasteiger partial charge in [0, 0.05) is 45.0 Å². The second-order valence-corrected chi connectivity index (χ2v) is 8.16. The molecule has 1 fully saturated rings. The van der Waals surface area contributed by atoms with E-state index in [4.69, 9.17) is 0 Å². The van der Waals surface area contributed by atoms with Crippen LogP contribution in [0.3, 0.4) is 0 Å². The molecule has 30 heavy (non-hydrogen) atoms. The molecule has 1 N–H and O–H groups in total. The fourth-order valence-corrected chi connectivity index (χ4v) is 3.73. The van der Waals surface area contributed by atoms with Gasteiger partial charge in [0.25, 0.3) is 5.91 Å². The molecule has 0 unspecified atom stereocenters. The van der Waals surface area contributed by atoms with Crippen molar-refractivity contribution >= 4 is 17.5 Å². The van der Waals surface area contributed by atoms with Gasteiger partial charge in [-0.05, 0) is 61.8 Å². The fraction of sp³-hybridized carbons (Fsp3) is 0.417. The van der Waals surface area contributed by atoms with Crippen LogP contribution in [-0.2, 0) is 11.3 Å². The lowest BCUT2D eigenvalue weighted by atomic mass is 10.1. The molecule has 1 aliphatic heterocycles. The minimum Gasteiger partial charge on any atom is -0.345 e. The summed E-state index contributed by atoms with van der Waals surface area (Å²) in [7, 11) is 3.45. The van der Waals surface area contributed by atoms with E-state index in [1.165, 1.54) is 16.0 Å². The topological polar surface area (TPSA) is 55.9 Å². The molecule has 2 aromatic rings. The summed E-state index contributed by atoms with van der Waals surface area (Å²) in [5.41, 5.74) is 4.03. The van der Waals surface area contributed by atoms with E-state index in [0.717, 1.165) is 39.1 Å². The van der Waals surface area contributed by atoms with Crippen molar-refractivity contribution in [3.63, 3.8) is 0 Å². The molecule has 3 rings (SSSR count). The molecule has 160 valence electrons. The van der Waals surface area contributed by atoms with Crippen LogP contribution < -0.4 is 5.32 Å². The van der Waals surface area contributed by atoms with Gasteiger partial charge in [-0.1, -0.05) is 24.3 Å². The van der Waals surface area contributed by atoms with E-state index >= 15 is 0 Å². The molecule has 1 saturated heterocycles. The lowest BCUT2D eigenvalue weighted by molar-refractivity contribution is -0.117. The second kappa shape index (κ2) is 10.4. The molecule has 2 amide bonds. The monoisotopic (exact) mass is 408 g/mol. The van der Waals surface area contributed by atoms with Crippen molar-refractivity contribution in [1.82, 2.24) is 14.7 Å². The van der Waals surface area contributed by atoms with Crippen molar-refractivity contribution in [2.24, 2.45) is 0 Å². The van der Waals surface area contributed by atoms with Crippen LogP contribution in [0.2, 0.25) is 0 Å². The number of nitrogens with one attached hydrogen (secondary N) is 1. The number of anilines is 1. The third-order valence-electron chi connectivity index (χ3n) is 5.53. The average molecular weight is 409 g/mol. The molecule has 2 aromatic carbocycles. The van der Waals surface area contributed by atoms with Crippen molar-refractivity contribution in [1.29, 1.82) is 0 Å². The highest BCUT2D eigenvalue weighted by molar-refractivity contribution is 5.96. The van der Waals surface area contributed by atoms with E-state index in [1.54, 1.807) is 38.4 Å². The van der Waals surface area contributed by atoms with E-state index in [9.17, 15) is 9.59 Å². The predicted molar refractivity (Wildman–Crippen MR) is 121 cm³/mol. The quantitative estimate of drug-likeness (QED) is 0.799. The Hall–Kier alpha value is -2.70. The first-order valence-electron chi connectivity index (χ1n) is 10.5. The number of benzene rings is 2. The van der Waals surface area contributed by atoms with Crippen molar-refractivity contribution in [3.05, 3.63) is 65.2 Å². The van der Waals surface area contributed by atoms with Crippen LogP contribution in [0.4, 0.5) is 5.69 Å². The fourth-order valence-electron chi connectivity index (χ4n) is 3.73. The predicted octanol–water partition coefficient (Wildman–Crippen LogP) is 2.84. The Bertz CT molecular complexity index is 864. The Balaban J connectivity index is 1.48. The summed E-state index contributed by atoms with van der Waals surface area (Å²) in [5.74, 6) is -0.0678. The zero-order chi connectivity index (χ0) is 21.5. The summed E-state index contributed by atoms with van der Waals surface area (Å²) in [4.78, 5) is 30.7. The van der Waals surface area contributed by atoms with Crippen LogP contribution in [0.25, 0.3) is 0 Å². The van der Waals surface area contributed by atoms with Crippen molar-refractivity contribution in [2.75, 3.05) is 52.1 Å². The van der Waals surface area contributed by atoms with Crippen molar-refractivity contribution < 1.29 is 9.59 Å². The second-order valence-electron chi connectivity index (χ2n) is 8.16. The first kappa shape index (κ1) is 22.0. The highest BCUT2D eigenvalue weighted by Gasteiger charge is 2.18. The summed E-state index contributed by atoms with van der Waals surface area (Å²) in [6.45, 7) is 7.33. The normalized spacial score (nSPS) is 15.4. The lowest BCUT2D eigenvalue weighted by Crippen LogP contribution is -2.36. The SMILES string of the molecule is Cc1ccccc1CN1CCCN(CC(=O)Nc2ccc(C(=O)N(C)C)cc2)CC1. The van der Waals surface area contributed by atoms with Gasteiger partial charge < -0.3 is 10.2 Å². The number of nitrogens with zero attached hydrogens (tertiary/aromatic N) is 3. The third-order valence-corrected chi connectivity index (χ3v) is 5.53. The Labute approximate surface area is 179 Å². The van der Waals surface area contributed by atoms with Crippen LogP contribution in [0, 0.1) is 6.92 Å². The Morgan fingerprint density at radius 2 is 1.60 bits per heavy atom. The zero-order valence-corrected chi connectivity index (χ0v) is 18.2. The molecule has 0 atom stereocenters. The number of aryl methyl sites for hydroxylation is 1. The molecule has 0 aliphatic carbocycles. The van der Waals surface area contributed by atoms with Gasteiger partial charge in [-0.2, -0.15) is 0 Å². The lowest BCUT2D eigenvalue weighted by Gasteiger charge is -2.22. The van der Waals surface area contributed by atoms with E-state index in [-0.39, 0.29) is 11.8 Å². The highest BCUT2D eigenvalue weighted by atomic mass is 16.2. The van der Waals surface area contributed by atoms with Crippen molar-refractivity contribution in [2.45, 2.75) is 19.9 Å². The van der Waals surface area contributed by atoms with Crippen LogP contribution in [0.1, 0.15) is 27.9 Å². The van der Waals surface area contributed by atoms with Gasteiger partial charge in [0.2, 0.25) is 5.91 Å². The number of hydrogen-bond acceptors (Lipinski definition) is 4. The number of carbonyl (C=O) groups excluding carboxylic acids is 2. The summed E-state index contributed by atoms with van der Waals surface area (Å²) >= 11 is 0. The minimum absolute atomic E-state index is 0.0194. The number of amides is 2. The smallest absolute Gasteiger partial charge is 0.253 e. The average Bonchev–Trinajstić information content (AvgIpc) is 2.94. The highest BCUT2D eigenvalue weighted by Crippen LogP contribution is 2.14. The maximum absolute atomic E-state index is 12.5. The number of hydrogen-bond donors (Lipinski definition) is 1. The molecule has 6 heteroatoms. The molecule has 0 saturated carbocycles. The Morgan fingerprint density at radius 1 is 0.933 bits per heavy atom. The minimum atomic E-state index is -0.0484. The van der Waals surface area contributed by atoms with Crippen molar-refractivity contribution in [3.8, 4) is 0 Å². The molecule has 1 aliphatic rings. The van der Waals surface area contributed by atoms with Crippen LogP contribution in [0.5, 0.6) is 0 Å². The van der Waals surface area contributed by atoms with Gasteiger partial charge in [-0.25, -0.2) is 0 Å². The van der Waals surface area contributed by atoms with Gasteiger partial charge in [0.15, 0.2) is 0 Å². The molecule has 1 heterocycles. The molecule has 0 aromatic heterocycles. The van der Waals surface area contributed by atoms with E-state index in [0.29, 0.717) is 17.8 Å². The maximum Gasteiger partial charge on any atom is 0.253 e. The number of carbonyl (C=O) groups is 2. The van der Waals surface area contributed by atoms with E-state index < -0.39 is 0 Å². The first-order valence-corrected chi connectivity index (χ1v) is 10.5. The molecule has 0 bridgehead atoms. The number of rotatable bonds is 6. The summed E-state index contributed by atoms with van der Waals surface area (Å²) in [5, 5.41) is 2.94. The van der Waals surface area contributed by atoms with Gasteiger partial charge in [-0.3, -0.25) is 19.4 Å². The molecule has 6 nitrogen and oxygen atoms in total. The summed E-state index contributed by atoms with van der Waals surface area (Å²) in [6, 6.07) is 15.6. The van der Waals surface area contributed by atoms with Crippen LogP contribution in [0.15, 0.2) is 48.5 Å². The molecular weight excluding hydrogens is 376 g/mol. The molecular formula is C24H32N4O2. The van der Waals surface area contributed by atoms with E-state index in [1.807, 2.05) is 0 Å². The van der Waals surface area contributed by atoms with Gasteiger partial charge >= 0.3 is 0 Å².